The molecule has 0 unspecified atom stereocenters. The van der Waals surface area contributed by atoms with E-state index in [2.05, 4.69) is 10.1 Å². The topological polar surface area (TPSA) is 74.2 Å². The highest BCUT2D eigenvalue weighted by Gasteiger charge is 2.36. The van der Waals surface area contributed by atoms with Crippen LogP contribution in [0.3, 0.4) is 0 Å². The summed E-state index contributed by atoms with van der Waals surface area (Å²) in [5.74, 6) is 0.589. The van der Waals surface area contributed by atoms with Crippen LogP contribution < -0.4 is 10.5 Å². The average Bonchev–Trinajstić information content (AvgIpc) is 3.08. The van der Waals surface area contributed by atoms with Crippen LogP contribution in [0, 0.1) is 5.82 Å². The third-order valence-corrected chi connectivity index (χ3v) is 3.77. The molecule has 1 aliphatic carbocycles. The first-order valence-corrected chi connectivity index (χ1v) is 6.59. The van der Waals surface area contributed by atoms with E-state index in [1.54, 1.807) is 12.1 Å². The van der Waals surface area contributed by atoms with Crippen LogP contribution in [0.4, 0.5) is 4.39 Å². The van der Waals surface area contributed by atoms with Gasteiger partial charge in [-0.2, -0.15) is 4.98 Å². The molecule has 3 rings (SSSR count). The van der Waals surface area contributed by atoms with Gasteiger partial charge in [-0.1, -0.05) is 18.0 Å². The van der Waals surface area contributed by atoms with Crippen LogP contribution in [0.5, 0.6) is 5.75 Å². The number of rotatable bonds is 3. The van der Waals surface area contributed by atoms with Gasteiger partial charge in [0, 0.05) is 6.07 Å². The maximum Gasteiger partial charge on any atom is 0.260 e. The van der Waals surface area contributed by atoms with Gasteiger partial charge in [-0.3, -0.25) is 0 Å². The van der Waals surface area contributed by atoms with E-state index >= 15 is 0 Å². The summed E-state index contributed by atoms with van der Waals surface area (Å²) in [6.45, 7) is 0. The van der Waals surface area contributed by atoms with Crippen LogP contribution in [-0.4, -0.2) is 17.3 Å². The van der Waals surface area contributed by atoms with Crippen LogP contribution in [0.2, 0.25) is 0 Å². The van der Waals surface area contributed by atoms with Gasteiger partial charge >= 0.3 is 0 Å². The highest BCUT2D eigenvalue weighted by molar-refractivity contribution is 5.55. The van der Waals surface area contributed by atoms with Crippen molar-refractivity contribution in [3.05, 3.63) is 29.8 Å². The Bertz CT molecular complexity index is 621. The standard InChI is InChI=1S/C14H16FN3O2/c1-19-9-4-5-10(11(15)8-9)12-17-13(18-20-12)14(16)6-2-3-7-14/h4-5,8H,2-3,6-7,16H2,1H3. The summed E-state index contributed by atoms with van der Waals surface area (Å²) in [5, 5.41) is 3.92. The lowest BCUT2D eigenvalue weighted by Crippen LogP contribution is -2.34. The van der Waals surface area contributed by atoms with Crippen molar-refractivity contribution in [2.75, 3.05) is 7.11 Å². The van der Waals surface area contributed by atoms with Gasteiger partial charge in [-0.15, -0.1) is 0 Å². The molecule has 0 atom stereocenters. The number of methoxy groups -OCH3 is 1. The van der Waals surface area contributed by atoms with Gasteiger partial charge in [0.15, 0.2) is 5.82 Å². The fraction of sp³-hybridized carbons (Fsp3) is 0.429. The molecule has 2 N–H and O–H groups in total. The first-order valence-electron chi connectivity index (χ1n) is 6.59. The smallest absolute Gasteiger partial charge is 0.260 e. The first kappa shape index (κ1) is 13.1. The summed E-state index contributed by atoms with van der Waals surface area (Å²) in [6, 6.07) is 4.49. The van der Waals surface area contributed by atoms with Crippen molar-refractivity contribution in [3.63, 3.8) is 0 Å². The Hall–Kier alpha value is -1.95. The second kappa shape index (κ2) is 4.86. The number of ether oxygens (including phenoxy) is 1. The molecular formula is C14H16FN3O2. The Kier molecular flexibility index (Phi) is 3.17. The number of nitrogens with two attached hydrogens (primary N) is 1. The Balaban J connectivity index is 1.94. The molecule has 1 aromatic heterocycles. The fourth-order valence-electron chi connectivity index (χ4n) is 2.56. The van der Waals surface area contributed by atoms with Gasteiger partial charge in [0.1, 0.15) is 11.6 Å². The zero-order valence-corrected chi connectivity index (χ0v) is 11.2. The van der Waals surface area contributed by atoms with E-state index in [0.29, 0.717) is 11.6 Å². The quantitative estimate of drug-likeness (QED) is 0.933. The van der Waals surface area contributed by atoms with Crippen molar-refractivity contribution in [2.24, 2.45) is 5.73 Å². The summed E-state index contributed by atoms with van der Waals surface area (Å²) in [5.41, 5.74) is 5.98. The maximum atomic E-state index is 14.0. The number of benzene rings is 1. The molecule has 6 heteroatoms. The Morgan fingerprint density at radius 2 is 2.10 bits per heavy atom. The predicted molar refractivity (Wildman–Crippen MR) is 70.6 cm³/mol. The summed E-state index contributed by atoms with van der Waals surface area (Å²) in [7, 11) is 1.48. The molecule has 1 fully saturated rings. The van der Waals surface area contributed by atoms with E-state index in [1.807, 2.05) is 0 Å². The van der Waals surface area contributed by atoms with Crippen molar-refractivity contribution >= 4 is 0 Å². The SMILES string of the molecule is COc1ccc(-c2nc(C3(N)CCCC3)no2)c(F)c1. The van der Waals surface area contributed by atoms with Crippen molar-refractivity contribution < 1.29 is 13.7 Å². The van der Waals surface area contributed by atoms with E-state index in [4.69, 9.17) is 15.0 Å². The monoisotopic (exact) mass is 277 g/mol. The fourth-order valence-corrected chi connectivity index (χ4v) is 2.56. The third-order valence-electron chi connectivity index (χ3n) is 3.77. The molecule has 1 heterocycles. The Morgan fingerprint density at radius 3 is 2.75 bits per heavy atom. The van der Waals surface area contributed by atoms with E-state index in [0.717, 1.165) is 25.7 Å². The van der Waals surface area contributed by atoms with Crippen LogP contribution in [0.25, 0.3) is 11.5 Å². The van der Waals surface area contributed by atoms with Gasteiger partial charge in [0.2, 0.25) is 0 Å². The van der Waals surface area contributed by atoms with Crippen LogP contribution in [0.1, 0.15) is 31.5 Å². The molecule has 0 bridgehead atoms. The lowest BCUT2D eigenvalue weighted by Gasteiger charge is -2.17. The molecule has 1 aromatic carbocycles. The zero-order valence-electron chi connectivity index (χ0n) is 11.2. The van der Waals surface area contributed by atoms with Crippen LogP contribution in [-0.2, 0) is 5.54 Å². The summed E-state index contributed by atoms with van der Waals surface area (Å²) in [4.78, 5) is 4.27. The Morgan fingerprint density at radius 1 is 1.35 bits per heavy atom. The van der Waals surface area contributed by atoms with Gasteiger partial charge in [0.05, 0.1) is 18.2 Å². The van der Waals surface area contributed by atoms with Crippen molar-refractivity contribution in [3.8, 4) is 17.2 Å². The molecular weight excluding hydrogens is 261 g/mol. The van der Waals surface area contributed by atoms with Crippen molar-refractivity contribution in [1.82, 2.24) is 10.1 Å². The zero-order chi connectivity index (χ0) is 14.2. The number of hydrogen-bond donors (Lipinski definition) is 1. The van der Waals surface area contributed by atoms with Crippen molar-refractivity contribution in [1.29, 1.82) is 0 Å². The summed E-state index contributed by atoms with van der Waals surface area (Å²) < 4.78 is 24.1. The molecule has 0 aliphatic heterocycles. The second-order valence-corrected chi connectivity index (χ2v) is 5.13. The van der Waals surface area contributed by atoms with Gasteiger partial charge in [-0.05, 0) is 25.0 Å². The predicted octanol–water partition coefficient (Wildman–Crippen LogP) is 2.61. The van der Waals surface area contributed by atoms with E-state index in [1.165, 1.54) is 13.2 Å². The number of hydrogen-bond acceptors (Lipinski definition) is 5. The van der Waals surface area contributed by atoms with Crippen molar-refractivity contribution in [2.45, 2.75) is 31.2 Å². The molecule has 0 saturated heterocycles. The van der Waals surface area contributed by atoms with Gasteiger partial charge in [-0.25, -0.2) is 4.39 Å². The highest BCUT2D eigenvalue weighted by Crippen LogP contribution is 2.35. The highest BCUT2D eigenvalue weighted by atomic mass is 19.1. The van der Waals surface area contributed by atoms with Gasteiger partial charge < -0.3 is 15.0 Å². The van der Waals surface area contributed by atoms with E-state index < -0.39 is 11.4 Å². The normalized spacial score (nSPS) is 17.4. The minimum atomic E-state index is -0.537. The molecule has 2 aromatic rings. The van der Waals surface area contributed by atoms with E-state index in [-0.39, 0.29) is 11.5 Å². The van der Waals surface area contributed by atoms with E-state index in [9.17, 15) is 4.39 Å². The molecule has 0 amide bonds. The number of halogens is 1. The molecule has 5 nitrogen and oxygen atoms in total. The molecule has 20 heavy (non-hydrogen) atoms. The van der Waals surface area contributed by atoms with Gasteiger partial charge in [0.25, 0.3) is 5.89 Å². The minimum absolute atomic E-state index is 0.150. The Labute approximate surface area is 115 Å². The minimum Gasteiger partial charge on any atom is -0.497 e. The molecule has 1 aliphatic rings. The molecule has 0 spiro atoms. The first-order chi connectivity index (χ1) is 9.62. The summed E-state index contributed by atoms with van der Waals surface area (Å²) >= 11 is 0. The largest absolute Gasteiger partial charge is 0.497 e. The lowest BCUT2D eigenvalue weighted by molar-refractivity contribution is 0.372. The lowest BCUT2D eigenvalue weighted by atomic mass is 9.99. The molecule has 1 saturated carbocycles. The molecule has 106 valence electrons. The summed E-state index contributed by atoms with van der Waals surface area (Å²) in [6.07, 6.45) is 3.77. The van der Waals surface area contributed by atoms with Crippen LogP contribution >= 0.6 is 0 Å². The molecule has 0 radical (unpaired) electrons. The maximum absolute atomic E-state index is 14.0. The second-order valence-electron chi connectivity index (χ2n) is 5.13. The third kappa shape index (κ3) is 2.16. The number of nitrogens with zero attached hydrogens (tertiary/aromatic N) is 2. The number of aromatic nitrogens is 2. The average molecular weight is 277 g/mol. The van der Waals surface area contributed by atoms with Crippen LogP contribution in [0.15, 0.2) is 22.7 Å².